The maximum atomic E-state index is 5.57. The van der Waals surface area contributed by atoms with Crippen LogP contribution in [0.25, 0.3) is 11.2 Å². The molecular weight excluding hydrogens is 228 g/mol. The Morgan fingerprint density at radius 3 is 2.89 bits per heavy atom. The largest absolute Gasteiger partial charge is 0.484 e. The Morgan fingerprint density at radius 2 is 2.06 bits per heavy atom. The van der Waals surface area contributed by atoms with E-state index in [2.05, 4.69) is 9.97 Å². The summed E-state index contributed by atoms with van der Waals surface area (Å²) in [6, 6.07) is 11.5. The van der Waals surface area contributed by atoms with E-state index in [1.54, 1.807) is 6.20 Å². The fraction of sp³-hybridized carbons (Fsp3) is 0.143. The van der Waals surface area contributed by atoms with Gasteiger partial charge in [0.15, 0.2) is 6.61 Å². The minimum atomic E-state index is 0.305. The number of hydrogen-bond donors (Lipinski definition) is 0. The molecule has 0 unspecified atom stereocenters. The smallest absolute Gasteiger partial charge is 0.247 e. The van der Waals surface area contributed by atoms with Crippen LogP contribution < -0.4 is 4.74 Å². The number of aromatic nitrogens is 2. The fourth-order valence-corrected chi connectivity index (χ4v) is 1.69. The fourth-order valence-electron chi connectivity index (χ4n) is 1.69. The van der Waals surface area contributed by atoms with Gasteiger partial charge in [-0.05, 0) is 30.7 Å². The van der Waals surface area contributed by atoms with Crippen LogP contribution >= 0.6 is 0 Å². The van der Waals surface area contributed by atoms with Gasteiger partial charge in [0.2, 0.25) is 11.6 Å². The summed E-state index contributed by atoms with van der Waals surface area (Å²) in [5, 5.41) is 0. The number of oxazole rings is 1. The molecule has 4 heteroatoms. The summed E-state index contributed by atoms with van der Waals surface area (Å²) < 4.78 is 11.1. The zero-order valence-corrected chi connectivity index (χ0v) is 9.96. The van der Waals surface area contributed by atoms with Crippen LogP contribution in [0, 0.1) is 6.92 Å². The molecule has 0 N–H and O–H groups in total. The van der Waals surface area contributed by atoms with Crippen LogP contribution in [-0.2, 0) is 6.61 Å². The van der Waals surface area contributed by atoms with Crippen molar-refractivity contribution in [1.82, 2.24) is 9.97 Å². The molecule has 0 radical (unpaired) electrons. The first-order chi connectivity index (χ1) is 8.81. The van der Waals surface area contributed by atoms with Gasteiger partial charge in [0.05, 0.1) is 0 Å². The second-order valence-electron chi connectivity index (χ2n) is 4.05. The van der Waals surface area contributed by atoms with Crippen molar-refractivity contribution in [3.05, 3.63) is 54.0 Å². The second-order valence-corrected chi connectivity index (χ2v) is 4.05. The molecule has 1 aromatic carbocycles. The maximum Gasteiger partial charge on any atom is 0.247 e. The van der Waals surface area contributed by atoms with Gasteiger partial charge >= 0.3 is 0 Å². The standard InChI is InChI=1S/C14H12N2O2/c1-10-7-12-14(15-8-10)18-13(16-12)9-17-11-5-3-2-4-6-11/h2-8H,9H2,1H3. The van der Waals surface area contributed by atoms with Gasteiger partial charge in [-0.2, -0.15) is 0 Å². The van der Waals surface area contributed by atoms with Crippen molar-refractivity contribution >= 4 is 11.2 Å². The molecule has 18 heavy (non-hydrogen) atoms. The van der Waals surface area contributed by atoms with E-state index < -0.39 is 0 Å². The third kappa shape index (κ3) is 2.18. The molecule has 0 bridgehead atoms. The minimum Gasteiger partial charge on any atom is -0.484 e. The highest BCUT2D eigenvalue weighted by Gasteiger charge is 2.07. The molecular formula is C14H12N2O2. The summed E-state index contributed by atoms with van der Waals surface area (Å²) in [6.07, 6.45) is 1.76. The lowest BCUT2D eigenvalue weighted by atomic mass is 10.3. The molecule has 0 aliphatic carbocycles. The molecule has 90 valence electrons. The topological polar surface area (TPSA) is 48.2 Å². The number of hydrogen-bond acceptors (Lipinski definition) is 4. The summed E-state index contributed by atoms with van der Waals surface area (Å²) >= 11 is 0. The Hall–Kier alpha value is -2.36. The SMILES string of the molecule is Cc1cnc2oc(COc3ccccc3)nc2c1. The molecule has 0 fully saturated rings. The predicted octanol–water partition coefficient (Wildman–Crippen LogP) is 3.11. The molecule has 3 aromatic rings. The first kappa shape index (κ1) is 10.8. The van der Waals surface area contributed by atoms with Gasteiger partial charge in [0.25, 0.3) is 0 Å². The van der Waals surface area contributed by atoms with E-state index in [4.69, 9.17) is 9.15 Å². The minimum absolute atomic E-state index is 0.305. The highest BCUT2D eigenvalue weighted by molar-refractivity contribution is 5.68. The van der Waals surface area contributed by atoms with E-state index in [1.165, 1.54) is 0 Å². The number of fused-ring (bicyclic) bond motifs is 1. The van der Waals surface area contributed by atoms with Gasteiger partial charge in [-0.3, -0.25) is 0 Å². The van der Waals surface area contributed by atoms with E-state index in [1.807, 2.05) is 43.3 Å². The quantitative estimate of drug-likeness (QED) is 0.705. The lowest BCUT2D eigenvalue weighted by Gasteiger charge is -2.01. The van der Waals surface area contributed by atoms with Gasteiger partial charge in [0.1, 0.15) is 11.3 Å². The van der Waals surface area contributed by atoms with Crippen LogP contribution in [0.3, 0.4) is 0 Å². The monoisotopic (exact) mass is 240 g/mol. The van der Waals surface area contributed by atoms with Crippen molar-refractivity contribution in [2.75, 3.05) is 0 Å². The van der Waals surface area contributed by atoms with E-state index in [-0.39, 0.29) is 0 Å². The molecule has 2 aromatic heterocycles. The van der Waals surface area contributed by atoms with E-state index in [9.17, 15) is 0 Å². The number of benzene rings is 1. The molecule has 0 aliphatic heterocycles. The highest BCUT2D eigenvalue weighted by Crippen LogP contribution is 2.16. The van der Waals surface area contributed by atoms with E-state index >= 15 is 0 Å². The van der Waals surface area contributed by atoms with Gasteiger partial charge < -0.3 is 9.15 Å². The van der Waals surface area contributed by atoms with Crippen LogP contribution in [0.5, 0.6) is 5.75 Å². The number of rotatable bonds is 3. The maximum absolute atomic E-state index is 5.57. The van der Waals surface area contributed by atoms with Crippen molar-refractivity contribution in [3.8, 4) is 5.75 Å². The van der Waals surface area contributed by atoms with Crippen LogP contribution in [0.1, 0.15) is 11.5 Å². The summed E-state index contributed by atoms with van der Waals surface area (Å²) in [7, 11) is 0. The van der Waals surface area contributed by atoms with Crippen molar-refractivity contribution in [2.24, 2.45) is 0 Å². The molecule has 0 atom stereocenters. The number of pyridine rings is 1. The average Bonchev–Trinajstić information content (AvgIpc) is 2.79. The molecule has 0 spiro atoms. The van der Waals surface area contributed by atoms with Crippen molar-refractivity contribution in [1.29, 1.82) is 0 Å². The molecule has 0 aliphatic rings. The normalized spacial score (nSPS) is 10.7. The van der Waals surface area contributed by atoms with Crippen LogP contribution in [0.4, 0.5) is 0 Å². The summed E-state index contributed by atoms with van der Waals surface area (Å²) in [5.74, 6) is 1.33. The van der Waals surface area contributed by atoms with Gasteiger partial charge in [-0.15, -0.1) is 0 Å². The number of nitrogens with zero attached hydrogens (tertiary/aromatic N) is 2. The number of aryl methyl sites for hydroxylation is 1. The average molecular weight is 240 g/mol. The molecule has 0 amide bonds. The molecule has 0 saturated heterocycles. The summed E-state index contributed by atoms with van der Waals surface area (Å²) in [6.45, 7) is 2.28. The Kier molecular flexibility index (Phi) is 2.68. The number of ether oxygens (including phenoxy) is 1. The number of para-hydroxylation sites is 1. The first-order valence-corrected chi connectivity index (χ1v) is 5.71. The van der Waals surface area contributed by atoms with Gasteiger partial charge in [-0.25, -0.2) is 9.97 Å². The molecule has 2 heterocycles. The van der Waals surface area contributed by atoms with Crippen LogP contribution in [0.15, 0.2) is 47.0 Å². The van der Waals surface area contributed by atoms with E-state index in [0.717, 1.165) is 16.8 Å². The molecule has 4 nitrogen and oxygen atoms in total. The Morgan fingerprint density at radius 1 is 1.22 bits per heavy atom. The molecule has 3 rings (SSSR count). The lowest BCUT2D eigenvalue weighted by Crippen LogP contribution is -1.94. The Labute approximate surface area is 104 Å². The summed E-state index contributed by atoms with van der Waals surface area (Å²) in [5.41, 5.74) is 2.38. The van der Waals surface area contributed by atoms with Crippen molar-refractivity contribution in [2.45, 2.75) is 13.5 Å². The van der Waals surface area contributed by atoms with Crippen LogP contribution in [-0.4, -0.2) is 9.97 Å². The van der Waals surface area contributed by atoms with Crippen molar-refractivity contribution in [3.63, 3.8) is 0 Å². The summed E-state index contributed by atoms with van der Waals surface area (Å²) in [4.78, 5) is 8.51. The van der Waals surface area contributed by atoms with Crippen molar-refractivity contribution < 1.29 is 9.15 Å². The zero-order chi connectivity index (χ0) is 12.4. The second kappa shape index (κ2) is 4.49. The van der Waals surface area contributed by atoms with Gasteiger partial charge in [0, 0.05) is 6.20 Å². The zero-order valence-electron chi connectivity index (χ0n) is 9.96. The molecule has 0 saturated carbocycles. The third-order valence-electron chi connectivity index (χ3n) is 2.53. The Balaban J connectivity index is 1.79. The first-order valence-electron chi connectivity index (χ1n) is 5.71. The third-order valence-corrected chi connectivity index (χ3v) is 2.53. The predicted molar refractivity (Wildman–Crippen MR) is 67.3 cm³/mol. The van der Waals surface area contributed by atoms with Gasteiger partial charge in [-0.1, -0.05) is 18.2 Å². The van der Waals surface area contributed by atoms with Crippen LogP contribution in [0.2, 0.25) is 0 Å². The highest BCUT2D eigenvalue weighted by atomic mass is 16.5. The Bertz CT molecular complexity index is 662. The lowest BCUT2D eigenvalue weighted by molar-refractivity contribution is 0.266. The van der Waals surface area contributed by atoms with E-state index in [0.29, 0.717) is 18.2 Å².